The second-order valence-electron chi connectivity index (χ2n) is 4.66. The number of nitrogens with zero attached hydrogens (tertiary/aromatic N) is 2. The quantitative estimate of drug-likeness (QED) is 0.424. The number of amidine groups is 1. The van der Waals surface area contributed by atoms with E-state index in [2.05, 4.69) is 11.5 Å². The van der Waals surface area contributed by atoms with Gasteiger partial charge in [0.2, 0.25) is 6.04 Å². The Morgan fingerprint density at radius 2 is 1.89 bits per heavy atom. The van der Waals surface area contributed by atoms with Crippen LogP contribution in [-0.2, 0) is 18.2 Å². The molecule has 2 atom stereocenters. The first-order valence-corrected chi connectivity index (χ1v) is 7.77. The molecule has 0 saturated heterocycles. The highest BCUT2D eigenvalue weighted by atomic mass is 31.2. The summed E-state index contributed by atoms with van der Waals surface area (Å²) >= 11 is 0. The molecule has 7 heteroatoms. The molecule has 0 aliphatic carbocycles. The van der Waals surface area contributed by atoms with Gasteiger partial charge in [0, 0.05) is 6.92 Å². The minimum Gasteiger partial charge on any atom is -0.284 e. The van der Waals surface area contributed by atoms with Crippen molar-refractivity contribution < 1.29 is 27.5 Å². The van der Waals surface area contributed by atoms with Crippen molar-refractivity contribution in [1.29, 1.82) is 0 Å². The molecule has 0 aromatic heterocycles. The van der Waals surface area contributed by atoms with E-state index in [1.54, 1.807) is 13.8 Å². The standard InChI is InChI=1S/C11H25N2O4P/c1-7-15-18(14,16-8-2)17-13(6)9-10(3)12(5)11(13)4/h10H,7-9H2,1-6H3/q+2. The Morgan fingerprint density at radius 3 is 2.22 bits per heavy atom. The summed E-state index contributed by atoms with van der Waals surface area (Å²) in [7, 11) is 0.375. The lowest BCUT2D eigenvalue weighted by Crippen LogP contribution is -2.46. The van der Waals surface area contributed by atoms with Gasteiger partial charge >= 0.3 is 13.7 Å². The zero-order chi connectivity index (χ0) is 14.0. The Balaban J connectivity index is 2.92. The summed E-state index contributed by atoms with van der Waals surface area (Å²) in [6.07, 6.45) is 0. The van der Waals surface area contributed by atoms with E-state index in [0.29, 0.717) is 25.8 Å². The maximum Gasteiger partial charge on any atom is 0.521 e. The average Bonchev–Trinajstić information content (AvgIpc) is 2.43. The van der Waals surface area contributed by atoms with Gasteiger partial charge in [-0.05, 0) is 13.8 Å². The van der Waals surface area contributed by atoms with Crippen LogP contribution in [0.3, 0.4) is 0 Å². The largest absolute Gasteiger partial charge is 0.521 e. The maximum absolute atomic E-state index is 12.4. The van der Waals surface area contributed by atoms with Crippen molar-refractivity contribution in [3.8, 4) is 0 Å². The summed E-state index contributed by atoms with van der Waals surface area (Å²) in [4.78, 5) is 0. The summed E-state index contributed by atoms with van der Waals surface area (Å²) in [5.41, 5.74) is 0. The van der Waals surface area contributed by atoms with Gasteiger partial charge in [-0.15, -0.1) is 0 Å². The lowest BCUT2D eigenvalue weighted by molar-refractivity contribution is -0.992. The number of phosphoric acid groups is 1. The van der Waals surface area contributed by atoms with Crippen LogP contribution in [0.25, 0.3) is 0 Å². The first-order chi connectivity index (χ1) is 8.28. The molecule has 0 aromatic rings. The van der Waals surface area contributed by atoms with E-state index in [9.17, 15) is 4.57 Å². The van der Waals surface area contributed by atoms with Crippen molar-refractivity contribution in [2.45, 2.75) is 33.7 Å². The highest BCUT2D eigenvalue weighted by Gasteiger charge is 2.52. The fourth-order valence-corrected chi connectivity index (χ4v) is 3.55. The predicted molar refractivity (Wildman–Crippen MR) is 69.3 cm³/mol. The molecule has 0 N–H and O–H groups in total. The zero-order valence-electron chi connectivity index (χ0n) is 12.2. The molecule has 1 heterocycles. The van der Waals surface area contributed by atoms with Crippen molar-refractivity contribution in [2.24, 2.45) is 0 Å². The van der Waals surface area contributed by atoms with Crippen LogP contribution in [0.2, 0.25) is 0 Å². The van der Waals surface area contributed by atoms with Gasteiger partial charge in [0.15, 0.2) is 6.54 Å². The number of rotatable bonds is 6. The van der Waals surface area contributed by atoms with Crippen molar-refractivity contribution in [3.05, 3.63) is 0 Å². The molecule has 0 radical (unpaired) electrons. The lowest BCUT2D eigenvalue weighted by atomic mass is 10.3. The molecular weight excluding hydrogens is 255 g/mol. The Labute approximate surface area is 109 Å². The van der Waals surface area contributed by atoms with E-state index in [0.717, 1.165) is 5.84 Å². The minimum atomic E-state index is -3.50. The lowest BCUT2D eigenvalue weighted by Gasteiger charge is -2.25. The number of hydrogen-bond acceptors (Lipinski definition) is 4. The molecule has 18 heavy (non-hydrogen) atoms. The molecule has 106 valence electrons. The van der Waals surface area contributed by atoms with E-state index in [4.69, 9.17) is 13.7 Å². The van der Waals surface area contributed by atoms with Crippen LogP contribution in [0.15, 0.2) is 0 Å². The van der Waals surface area contributed by atoms with Crippen molar-refractivity contribution in [2.75, 3.05) is 33.9 Å². The fourth-order valence-electron chi connectivity index (χ4n) is 2.13. The van der Waals surface area contributed by atoms with Crippen LogP contribution in [-0.4, -0.2) is 55.0 Å². The average molecular weight is 280 g/mol. The number of likely N-dealkylation sites (N-methyl/N-ethyl adjacent to an activating group) is 2. The maximum atomic E-state index is 12.4. The molecule has 1 aliphatic rings. The zero-order valence-corrected chi connectivity index (χ0v) is 13.1. The predicted octanol–water partition coefficient (Wildman–Crippen LogP) is 2.01. The summed E-state index contributed by atoms with van der Waals surface area (Å²) in [6.45, 7) is 8.90. The Morgan fingerprint density at radius 1 is 1.39 bits per heavy atom. The Bertz CT molecular complexity index is 375. The van der Waals surface area contributed by atoms with Crippen molar-refractivity contribution in [1.82, 2.24) is 0 Å². The highest BCUT2D eigenvalue weighted by Crippen LogP contribution is 2.52. The topological polar surface area (TPSA) is 47.8 Å². The van der Waals surface area contributed by atoms with Crippen LogP contribution in [0, 0.1) is 0 Å². The normalized spacial score (nSPS) is 29.1. The van der Waals surface area contributed by atoms with Crippen LogP contribution >= 0.6 is 7.82 Å². The number of hydroxylamine groups is 3. The third kappa shape index (κ3) is 3.19. The molecule has 0 amide bonds. The molecule has 0 fully saturated rings. The van der Waals surface area contributed by atoms with Crippen LogP contribution in [0.4, 0.5) is 0 Å². The van der Waals surface area contributed by atoms with Crippen LogP contribution < -0.4 is 0 Å². The fraction of sp³-hybridized carbons (Fsp3) is 0.909. The smallest absolute Gasteiger partial charge is 0.284 e. The highest BCUT2D eigenvalue weighted by molar-refractivity contribution is 7.48. The first-order valence-electron chi connectivity index (χ1n) is 6.31. The summed E-state index contributed by atoms with van der Waals surface area (Å²) in [5.74, 6) is 0.988. The van der Waals surface area contributed by atoms with Gasteiger partial charge in [0.05, 0.1) is 20.1 Å². The van der Waals surface area contributed by atoms with Gasteiger partial charge < -0.3 is 0 Å². The molecule has 0 aromatic carbocycles. The SMILES string of the molecule is CCOP(=O)(OCC)O[N+]1(C)CC(C)[N+](C)=C1C. The Hall–Kier alpha value is -0.260. The van der Waals surface area contributed by atoms with Gasteiger partial charge in [-0.1, -0.05) is 9.27 Å². The molecule has 0 spiro atoms. The molecule has 1 rings (SSSR count). The molecular formula is C11H25N2O4P+2. The van der Waals surface area contributed by atoms with Gasteiger partial charge in [0.1, 0.15) is 14.1 Å². The number of quaternary nitrogens is 1. The van der Waals surface area contributed by atoms with Gasteiger partial charge in [0.25, 0.3) is 0 Å². The van der Waals surface area contributed by atoms with E-state index >= 15 is 0 Å². The Kier molecular flexibility index (Phi) is 5.09. The number of phosphoric ester groups is 1. The van der Waals surface area contributed by atoms with Crippen molar-refractivity contribution >= 4 is 13.7 Å². The first kappa shape index (κ1) is 15.8. The molecule has 0 saturated carbocycles. The summed E-state index contributed by atoms with van der Waals surface area (Å²) in [5, 5.41) is 0. The number of hydrogen-bond donors (Lipinski definition) is 0. The van der Waals surface area contributed by atoms with Crippen molar-refractivity contribution in [3.63, 3.8) is 0 Å². The van der Waals surface area contributed by atoms with E-state index in [1.807, 2.05) is 21.0 Å². The third-order valence-corrected chi connectivity index (χ3v) is 5.03. The van der Waals surface area contributed by atoms with Gasteiger partial charge in [-0.2, -0.15) is 4.58 Å². The minimum absolute atomic E-state index is 0.134. The molecule has 0 bridgehead atoms. The second-order valence-corrected chi connectivity index (χ2v) is 6.23. The summed E-state index contributed by atoms with van der Waals surface area (Å²) in [6, 6.07) is 0.326. The monoisotopic (exact) mass is 280 g/mol. The van der Waals surface area contributed by atoms with Crippen LogP contribution in [0.5, 0.6) is 0 Å². The van der Waals surface area contributed by atoms with Gasteiger partial charge in [-0.25, -0.2) is 4.57 Å². The van der Waals surface area contributed by atoms with Gasteiger partial charge in [-0.3, -0.25) is 9.05 Å². The second kappa shape index (κ2) is 5.80. The molecule has 1 aliphatic heterocycles. The van der Waals surface area contributed by atoms with E-state index in [-0.39, 0.29) is 4.65 Å². The van der Waals surface area contributed by atoms with E-state index in [1.165, 1.54) is 0 Å². The molecule has 6 nitrogen and oxygen atoms in total. The van der Waals surface area contributed by atoms with E-state index < -0.39 is 7.82 Å². The van der Waals surface area contributed by atoms with Crippen LogP contribution in [0.1, 0.15) is 27.7 Å². The third-order valence-electron chi connectivity index (χ3n) is 3.32. The molecule has 2 unspecified atom stereocenters. The summed E-state index contributed by atoms with van der Waals surface area (Å²) < 4.78 is 30.7.